The zero-order valence-corrected chi connectivity index (χ0v) is 29.4. The first kappa shape index (κ1) is 36.6. The van der Waals surface area contributed by atoms with Crippen LogP contribution in [0.2, 0.25) is 0 Å². The Hall–Kier alpha value is -0.240. The molecule has 3 unspecified atom stereocenters. The van der Waals surface area contributed by atoms with Crippen LogP contribution in [0.1, 0.15) is 137 Å². The molecule has 6 heteroatoms. The molecule has 11 atom stereocenters. The number of aliphatic hydroxyl groups excluding tert-OH is 1. The van der Waals surface area contributed by atoms with E-state index < -0.39 is 0 Å². The smallest absolute Gasteiger partial charge is 0.0637 e. The van der Waals surface area contributed by atoms with Gasteiger partial charge in [0.05, 0.1) is 18.3 Å². The molecule has 4 aliphatic rings. The molecular formula is C38H73N3O3. The van der Waals surface area contributed by atoms with E-state index in [9.17, 15) is 5.11 Å². The molecular weight excluding hydrogens is 546 g/mol. The normalized spacial score (nSPS) is 39.1. The Labute approximate surface area is 271 Å². The summed E-state index contributed by atoms with van der Waals surface area (Å²) in [5, 5.41) is 15.7. The Kier molecular flexibility index (Phi) is 14.8. The molecule has 4 saturated carbocycles. The number of nitrogens with two attached hydrogens (primary N) is 2. The molecule has 0 spiro atoms. The van der Waals surface area contributed by atoms with Gasteiger partial charge in [-0.3, -0.25) is 0 Å². The van der Waals surface area contributed by atoms with Crippen LogP contribution in [0.15, 0.2) is 0 Å². The largest absolute Gasteiger partial charge is 0.393 e. The lowest BCUT2D eigenvalue weighted by molar-refractivity contribution is -0.219. The van der Waals surface area contributed by atoms with Crippen LogP contribution in [-0.4, -0.2) is 62.8 Å². The maximum Gasteiger partial charge on any atom is 0.0637 e. The number of ether oxygens (including phenoxy) is 2. The predicted molar refractivity (Wildman–Crippen MR) is 183 cm³/mol. The lowest BCUT2D eigenvalue weighted by atomic mass is 9.43. The number of unbranched alkanes of at least 4 members (excludes halogenated alkanes) is 5. The summed E-state index contributed by atoms with van der Waals surface area (Å²) >= 11 is 0. The van der Waals surface area contributed by atoms with Crippen LogP contribution in [0, 0.1) is 46.3 Å². The van der Waals surface area contributed by atoms with Gasteiger partial charge in [0.2, 0.25) is 0 Å². The average Bonchev–Trinajstić information content (AvgIpc) is 3.37. The van der Waals surface area contributed by atoms with Gasteiger partial charge in [0.1, 0.15) is 0 Å². The first-order valence-corrected chi connectivity index (χ1v) is 19.3. The molecule has 0 heterocycles. The van der Waals surface area contributed by atoms with Crippen molar-refractivity contribution in [2.24, 2.45) is 57.8 Å². The number of aliphatic hydroxyl groups is 1. The van der Waals surface area contributed by atoms with Crippen LogP contribution in [0.25, 0.3) is 0 Å². The third-order valence-electron chi connectivity index (χ3n) is 13.6. The van der Waals surface area contributed by atoms with Gasteiger partial charge in [-0.2, -0.15) is 0 Å². The van der Waals surface area contributed by atoms with Gasteiger partial charge in [0.25, 0.3) is 0 Å². The van der Waals surface area contributed by atoms with E-state index in [2.05, 4.69) is 33.0 Å². The van der Waals surface area contributed by atoms with E-state index in [0.717, 1.165) is 58.3 Å². The summed E-state index contributed by atoms with van der Waals surface area (Å²) < 4.78 is 13.2. The lowest BCUT2D eigenvalue weighted by Crippen LogP contribution is -2.63. The third-order valence-corrected chi connectivity index (χ3v) is 13.6. The molecule has 6 N–H and O–H groups in total. The molecule has 6 nitrogen and oxygen atoms in total. The first-order valence-electron chi connectivity index (χ1n) is 19.3. The number of hydrogen-bond donors (Lipinski definition) is 4. The van der Waals surface area contributed by atoms with Crippen LogP contribution in [0.3, 0.4) is 0 Å². The molecule has 0 saturated heterocycles. The van der Waals surface area contributed by atoms with Crippen molar-refractivity contribution in [1.29, 1.82) is 0 Å². The Bertz CT molecular complexity index is 814. The van der Waals surface area contributed by atoms with Gasteiger partial charge < -0.3 is 31.4 Å². The number of hydrogen-bond acceptors (Lipinski definition) is 6. The van der Waals surface area contributed by atoms with E-state index in [-0.39, 0.29) is 23.0 Å². The Morgan fingerprint density at radius 1 is 0.818 bits per heavy atom. The van der Waals surface area contributed by atoms with Gasteiger partial charge in [-0.25, -0.2) is 0 Å². The second kappa shape index (κ2) is 17.8. The van der Waals surface area contributed by atoms with Crippen molar-refractivity contribution in [3.8, 4) is 0 Å². The van der Waals surface area contributed by atoms with Gasteiger partial charge in [-0.1, -0.05) is 59.8 Å². The van der Waals surface area contributed by atoms with Gasteiger partial charge in [-0.05, 0) is 144 Å². The van der Waals surface area contributed by atoms with E-state index in [1.165, 1.54) is 77.2 Å². The Balaban J connectivity index is 1.39. The van der Waals surface area contributed by atoms with E-state index in [1.807, 2.05) is 0 Å². The molecule has 0 aliphatic heterocycles. The fourth-order valence-electron chi connectivity index (χ4n) is 11.0. The van der Waals surface area contributed by atoms with E-state index in [1.54, 1.807) is 0 Å². The summed E-state index contributed by atoms with van der Waals surface area (Å²) in [6.45, 7) is 15.2. The van der Waals surface area contributed by atoms with Crippen molar-refractivity contribution in [3.63, 3.8) is 0 Å². The van der Waals surface area contributed by atoms with Gasteiger partial charge in [0, 0.05) is 18.6 Å². The second-order valence-electron chi connectivity index (χ2n) is 16.1. The first-order chi connectivity index (χ1) is 21.3. The monoisotopic (exact) mass is 620 g/mol. The molecule has 0 aromatic carbocycles. The minimum atomic E-state index is -0.199. The third kappa shape index (κ3) is 8.42. The number of nitrogens with one attached hydrogen (secondary N) is 1. The lowest BCUT2D eigenvalue weighted by Gasteiger charge is -2.64. The van der Waals surface area contributed by atoms with Crippen molar-refractivity contribution in [1.82, 2.24) is 5.32 Å². The maximum atomic E-state index is 11.9. The summed E-state index contributed by atoms with van der Waals surface area (Å²) in [4.78, 5) is 0. The molecule has 258 valence electrons. The van der Waals surface area contributed by atoms with Gasteiger partial charge in [0.15, 0.2) is 0 Å². The molecule has 0 aromatic rings. The van der Waals surface area contributed by atoms with Gasteiger partial charge in [-0.15, -0.1) is 0 Å². The number of rotatable bonds is 20. The quantitative estimate of drug-likeness (QED) is 0.109. The standard InChI is InChI=1S/C38H73N3O3/c1-5-6-7-8-9-10-21-41-22-11-14-28(2)31-15-16-32-36-33(27-35(38(31,32)4)44-24-13-20-40)37(3)18-17-30(43-23-12-19-39)25-29(37)26-34(36)42/h28-36,41-42H,5-27,39-40H2,1-4H3/t28-,29?,30-,31-,32+,33+,34-,35+,36?,37+,38?/m1/s1. The number of fused-ring (bicyclic) bond motifs is 5. The summed E-state index contributed by atoms with van der Waals surface area (Å²) in [6.07, 6.45) is 21.0. The highest BCUT2D eigenvalue weighted by Gasteiger charge is 2.66. The minimum Gasteiger partial charge on any atom is -0.393 e. The van der Waals surface area contributed by atoms with E-state index in [0.29, 0.717) is 54.7 Å². The summed E-state index contributed by atoms with van der Waals surface area (Å²) in [5.74, 6) is 3.37. The van der Waals surface area contributed by atoms with Crippen LogP contribution in [-0.2, 0) is 9.47 Å². The minimum absolute atomic E-state index is 0.133. The molecule has 44 heavy (non-hydrogen) atoms. The molecule has 0 radical (unpaired) electrons. The van der Waals surface area contributed by atoms with Gasteiger partial charge >= 0.3 is 0 Å². The van der Waals surface area contributed by atoms with Crippen LogP contribution < -0.4 is 16.8 Å². The summed E-state index contributed by atoms with van der Waals surface area (Å²) in [5.41, 5.74) is 12.1. The van der Waals surface area contributed by atoms with Crippen molar-refractivity contribution < 1.29 is 14.6 Å². The zero-order chi connectivity index (χ0) is 31.6. The Morgan fingerprint density at radius 3 is 2.27 bits per heavy atom. The highest BCUT2D eigenvalue weighted by Crippen LogP contribution is 2.69. The molecule has 4 fully saturated rings. The second-order valence-corrected chi connectivity index (χ2v) is 16.1. The summed E-state index contributed by atoms with van der Waals surface area (Å²) in [7, 11) is 0. The average molecular weight is 620 g/mol. The fourth-order valence-corrected chi connectivity index (χ4v) is 11.0. The molecule has 0 amide bonds. The highest BCUT2D eigenvalue weighted by atomic mass is 16.5. The predicted octanol–water partition coefficient (Wildman–Crippen LogP) is 7.06. The molecule has 0 bridgehead atoms. The fraction of sp³-hybridized carbons (Fsp3) is 1.00. The van der Waals surface area contributed by atoms with Crippen LogP contribution in [0.4, 0.5) is 0 Å². The Morgan fingerprint density at radius 2 is 1.52 bits per heavy atom. The molecule has 0 aromatic heterocycles. The zero-order valence-electron chi connectivity index (χ0n) is 29.4. The van der Waals surface area contributed by atoms with Crippen molar-refractivity contribution in [2.45, 2.75) is 155 Å². The summed E-state index contributed by atoms with van der Waals surface area (Å²) in [6, 6.07) is 0. The maximum absolute atomic E-state index is 11.9. The van der Waals surface area contributed by atoms with E-state index >= 15 is 0 Å². The molecule has 4 rings (SSSR count). The van der Waals surface area contributed by atoms with Crippen molar-refractivity contribution >= 4 is 0 Å². The topological polar surface area (TPSA) is 103 Å². The van der Waals surface area contributed by atoms with Crippen LogP contribution >= 0.6 is 0 Å². The van der Waals surface area contributed by atoms with Crippen LogP contribution in [0.5, 0.6) is 0 Å². The van der Waals surface area contributed by atoms with E-state index in [4.69, 9.17) is 20.9 Å². The van der Waals surface area contributed by atoms with Crippen molar-refractivity contribution in [3.05, 3.63) is 0 Å². The highest BCUT2D eigenvalue weighted by molar-refractivity contribution is 5.15. The van der Waals surface area contributed by atoms with Crippen molar-refractivity contribution in [2.75, 3.05) is 39.4 Å². The molecule has 4 aliphatic carbocycles. The SMILES string of the molecule is CCCCCCCCNCCC[C@@H](C)[C@H]1CC[C@H]2C3[C@H](O)CC4C[C@H](OCCCN)CC[C@]4(C)[C@H]3C[C@H](OCCCN)C12C.